The van der Waals surface area contributed by atoms with Gasteiger partial charge in [-0.2, -0.15) is 0 Å². The van der Waals surface area contributed by atoms with Crippen LogP contribution < -0.4 is 9.47 Å². The van der Waals surface area contributed by atoms with E-state index in [1.165, 1.54) is 12.0 Å². The van der Waals surface area contributed by atoms with Gasteiger partial charge in [0.1, 0.15) is 17.6 Å². The Labute approximate surface area is 168 Å². The molecule has 28 heavy (non-hydrogen) atoms. The van der Waals surface area contributed by atoms with E-state index in [-0.39, 0.29) is 6.10 Å². The molecular weight excluding hydrogens is 348 g/mol. The van der Waals surface area contributed by atoms with Gasteiger partial charge in [-0.3, -0.25) is 9.80 Å². The van der Waals surface area contributed by atoms with Gasteiger partial charge in [0, 0.05) is 32.2 Å². The lowest BCUT2D eigenvalue weighted by Crippen LogP contribution is -2.59. The van der Waals surface area contributed by atoms with Crippen molar-refractivity contribution >= 4 is 0 Å². The minimum absolute atomic E-state index is 0.209. The van der Waals surface area contributed by atoms with Crippen molar-refractivity contribution in [2.24, 2.45) is 0 Å². The van der Waals surface area contributed by atoms with E-state index in [9.17, 15) is 0 Å². The molecule has 2 bridgehead atoms. The van der Waals surface area contributed by atoms with Crippen LogP contribution >= 0.6 is 0 Å². The Bertz CT molecular complexity index is 762. The van der Waals surface area contributed by atoms with E-state index in [2.05, 4.69) is 40.6 Å². The molecule has 0 unspecified atom stereocenters. The topological polar surface area (TPSA) is 24.9 Å². The van der Waals surface area contributed by atoms with E-state index >= 15 is 0 Å². The van der Waals surface area contributed by atoms with Crippen molar-refractivity contribution in [2.45, 2.75) is 37.6 Å². The minimum Gasteiger partial charge on any atom is -0.497 e. The van der Waals surface area contributed by atoms with Gasteiger partial charge in [-0.25, -0.2) is 0 Å². The molecule has 5 rings (SSSR count). The fourth-order valence-corrected chi connectivity index (χ4v) is 4.55. The van der Waals surface area contributed by atoms with Crippen LogP contribution in [0.15, 0.2) is 67.3 Å². The van der Waals surface area contributed by atoms with Gasteiger partial charge in [0.2, 0.25) is 0 Å². The Balaban J connectivity index is 1.54. The summed E-state index contributed by atoms with van der Waals surface area (Å²) in [5, 5.41) is 0. The molecule has 0 aliphatic carbocycles. The van der Waals surface area contributed by atoms with Gasteiger partial charge >= 0.3 is 0 Å². The van der Waals surface area contributed by atoms with Crippen LogP contribution in [-0.4, -0.2) is 54.7 Å². The van der Waals surface area contributed by atoms with Crippen molar-refractivity contribution in [1.82, 2.24) is 9.80 Å². The van der Waals surface area contributed by atoms with Gasteiger partial charge in [0.25, 0.3) is 0 Å². The van der Waals surface area contributed by atoms with Crippen molar-refractivity contribution in [3.05, 3.63) is 72.8 Å². The van der Waals surface area contributed by atoms with Crippen LogP contribution in [0, 0.1) is 0 Å². The van der Waals surface area contributed by atoms with Gasteiger partial charge < -0.3 is 9.47 Å². The number of nitrogens with zero attached hydrogens (tertiary/aromatic N) is 2. The maximum absolute atomic E-state index is 6.48. The van der Waals surface area contributed by atoms with E-state index in [0.717, 1.165) is 44.1 Å². The van der Waals surface area contributed by atoms with Crippen molar-refractivity contribution in [1.29, 1.82) is 0 Å². The quantitative estimate of drug-likeness (QED) is 0.681. The van der Waals surface area contributed by atoms with Crippen molar-refractivity contribution in [2.75, 3.05) is 26.7 Å². The second-order valence-corrected chi connectivity index (χ2v) is 7.79. The lowest BCUT2D eigenvalue weighted by molar-refractivity contribution is 0.00419. The zero-order valence-electron chi connectivity index (χ0n) is 16.7. The molecule has 3 aliphatic heterocycles. The molecule has 0 N–H and O–H groups in total. The highest BCUT2D eigenvalue weighted by Crippen LogP contribution is 2.31. The first-order chi connectivity index (χ1) is 13.8. The smallest absolute Gasteiger partial charge is 0.119 e. The highest BCUT2D eigenvalue weighted by atomic mass is 16.5. The first-order valence-electron chi connectivity index (χ1n) is 10.2. The number of rotatable bonds is 7. The molecule has 2 aromatic rings. The molecule has 3 fully saturated rings. The van der Waals surface area contributed by atoms with E-state index in [1.54, 1.807) is 7.11 Å². The summed E-state index contributed by atoms with van der Waals surface area (Å²) < 4.78 is 11.8. The summed E-state index contributed by atoms with van der Waals surface area (Å²) in [5.74, 6) is 1.88. The van der Waals surface area contributed by atoms with Crippen LogP contribution in [0.2, 0.25) is 0 Å². The standard InChI is InChI=1S/C24H30N2O2/c1-3-15-25-18-23-24(28-22-7-5-4-6-8-22)14-11-20(25)17-26(23)16-19-9-12-21(27-2)13-10-19/h3-10,12-13,20,23-24H,1,11,14-18H2,2H3/t20-,23+,24+/m1/s1. The second-order valence-electron chi connectivity index (χ2n) is 7.79. The molecule has 4 heteroatoms. The third-order valence-corrected chi connectivity index (χ3v) is 6.00. The summed E-state index contributed by atoms with van der Waals surface area (Å²) in [6.45, 7) is 7.98. The first-order valence-corrected chi connectivity index (χ1v) is 10.2. The zero-order chi connectivity index (χ0) is 19.3. The van der Waals surface area contributed by atoms with Crippen molar-refractivity contribution in [3.63, 3.8) is 0 Å². The highest BCUT2D eigenvalue weighted by molar-refractivity contribution is 5.27. The molecule has 4 nitrogen and oxygen atoms in total. The Kier molecular flexibility index (Phi) is 5.98. The number of ether oxygens (including phenoxy) is 2. The van der Waals surface area contributed by atoms with Crippen LogP contribution in [-0.2, 0) is 6.54 Å². The maximum Gasteiger partial charge on any atom is 0.119 e. The van der Waals surface area contributed by atoms with Gasteiger partial charge in [-0.1, -0.05) is 36.4 Å². The van der Waals surface area contributed by atoms with Crippen LogP contribution in [0.25, 0.3) is 0 Å². The number of benzene rings is 2. The fraction of sp³-hybridized carbons (Fsp3) is 0.417. The molecule has 148 valence electrons. The summed E-state index contributed by atoms with van der Waals surface area (Å²) in [5.41, 5.74) is 1.32. The molecule has 0 saturated carbocycles. The van der Waals surface area contributed by atoms with Gasteiger partial charge in [-0.15, -0.1) is 6.58 Å². The molecule has 2 aromatic carbocycles. The van der Waals surface area contributed by atoms with Gasteiger partial charge in [0.15, 0.2) is 0 Å². The van der Waals surface area contributed by atoms with E-state index in [0.29, 0.717) is 12.1 Å². The number of hydrogen-bond donors (Lipinski definition) is 0. The maximum atomic E-state index is 6.48. The Morgan fingerprint density at radius 1 is 0.964 bits per heavy atom. The molecule has 3 saturated heterocycles. The fourth-order valence-electron chi connectivity index (χ4n) is 4.55. The van der Waals surface area contributed by atoms with Crippen LogP contribution in [0.1, 0.15) is 18.4 Å². The van der Waals surface area contributed by atoms with E-state index in [4.69, 9.17) is 9.47 Å². The number of hydrogen-bond acceptors (Lipinski definition) is 4. The number of methoxy groups -OCH3 is 1. The lowest BCUT2D eigenvalue weighted by atomic mass is 10.0. The Morgan fingerprint density at radius 3 is 2.46 bits per heavy atom. The summed E-state index contributed by atoms with van der Waals surface area (Å²) in [6, 6.07) is 19.6. The third-order valence-electron chi connectivity index (χ3n) is 6.00. The van der Waals surface area contributed by atoms with Crippen LogP contribution in [0.4, 0.5) is 0 Å². The SMILES string of the molecule is C=CCN1C[C@H]2[C@@H](Oc3ccccc3)CC[C@@H]1CN2Cc1ccc(OC)cc1. The second kappa shape index (κ2) is 8.80. The van der Waals surface area contributed by atoms with E-state index < -0.39 is 0 Å². The number of piperazine rings is 1. The summed E-state index contributed by atoms with van der Waals surface area (Å²) in [6.07, 6.45) is 4.50. The average molecular weight is 379 g/mol. The van der Waals surface area contributed by atoms with Gasteiger partial charge in [-0.05, 0) is 42.7 Å². The van der Waals surface area contributed by atoms with Crippen LogP contribution in [0.3, 0.4) is 0 Å². The normalized spacial score (nSPS) is 25.2. The molecule has 0 radical (unpaired) electrons. The third kappa shape index (κ3) is 4.23. The molecule has 0 aromatic heterocycles. The highest BCUT2D eigenvalue weighted by Gasteiger charge is 2.42. The predicted octanol–water partition coefficient (Wildman–Crippen LogP) is 3.98. The van der Waals surface area contributed by atoms with E-state index in [1.807, 2.05) is 36.4 Å². The summed E-state index contributed by atoms with van der Waals surface area (Å²) in [7, 11) is 1.71. The monoisotopic (exact) mass is 378 g/mol. The van der Waals surface area contributed by atoms with Crippen LogP contribution in [0.5, 0.6) is 11.5 Å². The van der Waals surface area contributed by atoms with Crippen molar-refractivity contribution < 1.29 is 9.47 Å². The molecular formula is C24H30N2O2. The molecule has 0 amide bonds. The summed E-state index contributed by atoms with van der Waals surface area (Å²) >= 11 is 0. The molecule has 3 atom stereocenters. The largest absolute Gasteiger partial charge is 0.497 e. The number of fused-ring (bicyclic) bond motifs is 4. The average Bonchev–Trinajstić information content (AvgIpc) is 2.99. The predicted molar refractivity (Wildman–Crippen MR) is 113 cm³/mol. The number of para-hydroxylation sites is 1. The first kappa shape index (κ1) is 19.0. The lowest BCUT2D eigenvalue weighted by Gasteiger charge is -2.45. The van der Waals surface area contributed by atoms with Crippen molar-refractivity contribution in [3.8, 4) is 11.5 Å². The minimum atomic E-state index is 0.209. The summed E-state index contributed by atoms with van der Waals surface area (Å²) in [4.78, 5) is 5.20. The molecule has 3 heterocycles. The molecule has 3 aliphatic rings. The van der Waals surface area contributed by atoms with Gasteiger partial charge in [0.05, 0.1) is 13.2 Å². The zero-order valence-corrected chi connectivity index (χ0v) is 16.7. The Hall–Kier alpha value is -2.30. The Morgan fingerprint density at radius 2 is 1.75 bits per heavy atom. The molecule has 0 spiro atoms.